The summed E-state index contributed by atoms with van der Waals surface area (Å²) in [5.41, 5.74) is 17.8. The van der Waals surface area contributed by atoms with Gasteiger partial charge in [-0.25, -0.2) is 0 Å². The summed E-state index contributed by atoms with van der Waals surface area (Å²) in [6.45, 7) is 0. The van der Waals surface area contributed by atoms with Gasteiger partial charge in [0, 0.05) is 0 Å². The van der Waals surface area contributed by atoms with Crippen molar-refractivity contribution in [3.05, 3.63) is 241 Å². The van der Waals surface area contributed by atoms with Crippen LogP contribution in [-0.2, 0) is 5.41 Å². The Balaban J connectivity index is 1.06. The Morgan fingerprint density at radius 3 is 1.66 bits per heavy atom. The van der Waals surface area contributed by atoms with Crippen molar-refractivity contribution in [3.63, 3.8) is 0 Å². The molecule has 1 spiro atoms. The molecule has 14 rings (SSSR count). The minimum atomic E-state index is -0.510. The number of rotatable bonds is 3. The van der Waals surface area contributed by atoms with Crippen LogP contribution >= 0.6 is 0 Å². The predicted molar refractivity (Wildman–Crippen MR) is 258 cm³/mol. The van der Waals surface area contributed by atoms with E-state index in [9.17, 15) is 0 Å². The number of fused-ring (bicyclic) bond motifs is 14. The van der Waals surface area contributed by atoms with Crippen LogP contribution < -0.4 is 0 Å². The molecule has 0 bridgehead atoms. The average molecular weight is 769 g/mol. The summed E-state index contributed by atoms with van der Waals surface area (Å²) in [7, 11) is 0. The molecule has 12 aromatic carbocycles. The van der Waals surface area contributed by atoms with Gasteiger partial charge < -0.3 is 0 Å². The van der Waals surface area contributed by atoms with E-state index < -0.39 is 5.41 Å². The number of hydrogen-bond donors (Lipinski definition) is 0. The van der Waals surface area contributed by atoms with Gasteiger partial charge in [-0.15, -0.1) is 0 Å². The molecular weight excluding hydrogens is 733 g/mol. The van der Waals surface area contributed by atoms with Gasteiger partial charge in [0.2, 0.25) is 0 Å². The van der Waals surface area contributed by atoms with E-state index in [1.807, 2.05) is 0 Å². The SMILES string of the molecule is c1ccc2c(c1)-c1ccccc1C21c2cc(-c3ccc(-c4cccc5ccccc45)cc3)ccc2-c2c1c1cccc3c(-c4ccc5ccccc5c4)cc4cccc2c4c31. The summed E-state index contributed by atoms with van der Waals surface area (Å²) < 4.78 is 0. The first-order chi connectivity index (χ1) is 30.3. The fourth-order valence-corrected chi connectivity index (χ4v) is 11.7. The second-order valence-electron chi connectivity index (χ2n) is 17.1. The molecule has 12 aromatic rings. The van der Waals surface area contributed by atoms with E-state index in [2.05, 4.69) is 218 Å². The minimum Gasteiger partial charge on any atom is -0.0619 e. The third kappa shape index (κ3) is 4.33. The molecular formula is C61H36. The Morgan fingerprint density at radius 2 is 0.820 bits per heavy atom. The van der Waals surface area contributed by atoms with Crippen molar-refractivity contribution in [2.45, 2.75) is 5.41 Å². The molecule has 0 heterocycles. The molecule has 0 fully saturated rings. The Labute approximate surface area is 354 Å². The zero-order valence-electron chi connectivity index (χ0n) is 33.3. The van der Waals surface area contributed by atoms with Crippen molar-refractivity contribution in [1.29, 1.82) is 0 Å². The lowest BCUT2D eigenvalue weighted by atomic mass is 9.68. The monoisotopic (exact) mass is 768 g/mol. The summed E-state index contributed by atoms with van der Waals surface area (Å²) in [6.07, 6.45) is 0. The van der Waals surface area contributed by atoms with Gasteiger partial charge in [0.25, 0.3) is 0 Å². The van der Waals surface area contributed by atoms with Crippen LogP contribution in [0, 0.1) is 0 Å². The van der Waals surface area contributed by atoms with Crippen LogP contribution in [0.15, 0.2) is 218 Å². The highest BCUT2D eigenvalue weighted by atomic mass is 14.5. The Bertz CT molecular complexity index is 3760. The summed E-state index contributed by atoms with van der Waals surface area (Å²) >= 11 is 0. The maximum Gasteiger partial charge on any atom is 0.0731 e. The standard InChI is InChI=1S/C61H36/c1-2-14-41-34-43(31-28-37(41)12-1)53-35-44-16-10-22-51-57(44)58-49(53)21-11-23-52(58)60-59(51)50-33-32-42(38-26-29-40(30-27-38)46-20-9-15-39-13-3-4-17-45(39)46)36-56(50)61(60)54-24-7-5-18-47(54)48-19-6-8-25-55(48)61/h1-36H. The van der Waals surface area contributed by atoms with E-state index >= 15 is 0 Å². The Hall–Kier alpha value is -7.80. The lowest BCUT2D eigenvalue weighted by Crippen LogP contribution is -2.26. The molecule has 0 heteroatoms. The molecule has 2 aliphatic carbocycles. The van der Waals surface area contributed by atoms with Crippen molar-refractivity contribution in [3.8, 4) is 55.6 Å². The van der Waals surface area contributed by atoms with Crippen molar-refractivity contribution in [1.82, 2.24) is 0 Å². The van der Waals surface area contributed by atoms with Gasteiger partial charge in [-0.2, -0.15) is 0 Å². The first-order valence-corrected chi connectivity index (χ1v) is 21.4. The quantitative estimate of drug-likeness (QED) is 0.157. The molecule has 0 unspecified atom stereocenters. The molecule has 61 heavy (non-hydrogen) atoms. The third-order valence-corrected chi connectivity index (χ3v) is 14.2. The zero-order valence-corrected chi connectivity index (χ0v) is 33.3. The van der Waals surface area contributed by atoms with Gasteiger partial charge in [0.15, 0.2) is 0 Å². The van der Waals surface area contributed by atoms with E-state index in [4.69, 9.17) is 0 Å². The molecule has 0 aliphatic heterocycles. The summed E-state index contributed by atoms with van der Waals surface area (Å²) in [5.74, 6) is 0. The van der Waals surface area contributed by atoms with Crippen LogP contribution in [-0.4, -0.2) is 0 Å². The van der Waals surface area contributed by atoms with Crippen molar-refractivity contribution < 1.29 is 0 Å². The second kappa shape index (κ2) is 12.1. The van der Waals surface area contributed by atoms with Gasteiger partial charge in [-0.3, -0.25) is 0 Å². The van der Waals surface area contributed by atoms with Gasteiger partial charge in [-0.1, -0.05) is 200 Å². The van der Waals surface area contributed by atoms with Crippen LogP contribution in [0.1, 0.15) is 22.3 Å². The molecule has 0 aromatic heterocycles. The summed E-state index contributed by atoms with van der Waals surface area (Å²) in [4.78, 5) is 0. The second-order valence-corrected chi connectivity index (χ2v) is 17.1. The fourth-order valence-electron chi connectivity index (χ4n) is 11.7. The van der Waals surface area contributed by atoms with Gasteiger partial charge >= 0.3 is 0 Å². The Morgan fingerprint density at radius 1 is 0.246 bits per heavy atom. The van der Waals surface area contributed by atoms with Gasteiger partial charge in [-0.05, 0) is 150 Å². The molecule has 0 amide bonds. The van der Waals surface area contributed by atoms with E-state index in [0.29, 0.717) is 0 Å². The fraction of sp³-hybridized carbons (Fsp3) is 0.0164. The zero-order chi connectivity index (χ0) is 39.8. The first-order valence-electron chi connectivity index (χ1n) is 21.4. The van der Waals surface area contributed by atoms with E-state index in [1.165, 1.54) is 132 Å². The smallest absolute Gasteiger partial charge is 0.0619 e. The van der Waals surface area contributed by atoms with Crippen LogP contribution in [0.2, 0.25) is 0 Å². The van der Waals surface area contributed by atoms with Crippen LogP contribution in [0.3, 0.4) is 0 Å². The molecule has 0 atom stereocenters. The lowest BCUT2D eigenvalue weighted by Gasteiger charge is -2.32. The Kier molecular flexibility index (Phi) is 6.58. The predicted octanol–water partition coefficient (Wildman–Crippen LogP) is 16.2. The van der Waals surface area contributed by atoms with Crippen molar-refractivity contribution in [2.24, 2.45) is 0 Å². The highest BCUT2D eigenvalue weighted by Gasteiger charge is 2.53. The lowest BCUT2D eigenvalue weighted by molar-refractivity contribution is 0.802. The maximum atomic E-state index is 2.53. The average Bonchev–Trinajstić information content (AvgIpc) is 3.81. The molecule has 0 radical (unpaired) electrons. The van der Waals surface area contributed by atoms with E-state index in [1.54, 1.807) is 0 Å². The normalized spacial score (nSPS) is 13.4. The summed E-state index contributed by atoms with van der Waals surface area (Å²) in [5, 5.41) is 13.0. The molecule has 280 valence electrons. The minimum absolute atomic E-state index is 0.510. The summed E-state index contributed by atoms with van der Waals surface area (Å²) in [6, 6.07) is 82.4. The van der Waals surface area contributed by atoms with Gasteiger partial charge in [0.1, 0.15) is 0 Å². The highest BCUT2D eigenvalue weighted by molar-refractivity contribution is 6.31. The molecule has 0 nitrogen and oxygen atoms in total. The third-order valence-electron chi connectivity index (χ3n) is 14.2. The maximum absolute atomic E-state index is 2.53. The topological polar surface area (TPSA) is 0 Å². The molecule has 2 aliphatic rings. The van der Waals surface area contributed by atoms with Crippen LogP contribution in [0.25, 0.3) is 109 Å². The highest BCUT2D eigenvalue weighted by Crippen LogP contribution is 2.66. The molecule has 0 saturated carbocycles. The van der Waals surface area contributed by atoms with Crippen LogP contribution in [0.4, 0.5) is 0 Å². The first kappa shape index (κ1) is 33.1. The van der Waals surface area contributed by atoms with Crippen molar-refractivity contribution >= 4 is 53.9 Å². The largest absolute Gasteiger partial charge is 0.0731 e. The van der Waals surface area contributed by atoms with Crippen molar-refractivity contribution in [2.75, 3.05) is 0 Å². The van der Waals surface area contributed by atoms with E-state index in [0.717, 1.165) is 0 Å². The molecule has 0 saturated heterocycles. The number of hydrogen-bond acceptors (Lipinski definition) is 0. The van der Waals surface area contributed by atoms with Gasteiger partial charge in [0.05, 0.1) is 5.41 Å². The number of benzene rings is 12. The van der Waals surface area contributed by atoms with E-state index in [-0.39, 0.29) is 0 Å². The van der Waals surface area contributed by atoms with Crippen LogP contribution in [0.5, 0.6) is 0 Å². The molecule has 0 N–H and O–H groups in total.